The molecule has 1 saturated carbocycles. The van der Waals surface area contributed by atoms with Gasteiger partial charge in [0.05, 0.1) is 0 Å². The van der Waals surface area contributed by atoms with E-state index in [1.54, 1.807) is 0 Å². The number of aliphatic hydroxyl groups is 1. The summed E-state index contributed by atoms with van der Waals surface area (Å²) in [6.07, 6.45) is 6.38. The van der Waals surface area contributed by atoms with Gasteiger partial charge in [-0.2, -0.15) is 11.8 Å². The molecule has 0 amide bonds. The van der Waals surface area contributed by atoms with Crippen molar-refractivity contribution in [3.63, 3.8) is 0 Å². The Morgan fingerprint density at radius 1 is 1.29 bits per heavy atom. The van der Waals surface area contributed by atoms with E-state index in [9.17, 15) is 0 Å². The van der Waals surface area contributed by atoms with Gasteiger partial charge in [-0.05, 0) is 31.6 Å². The van der Waals surface area contributed by atoms with Crippen LogP contribution in [-0.4, -0.2) is 21.7 Å². The number of thioether (sulfide) groups is 1. The van der Waals surface area contributed by atoms with Crippen molar-refractivity contribution < 1.29 is 5.11 Å². The Labute approximate surface area is 92.7 Å². The topological polar surface area (TPSA) is 20.2 Å². The standard InChI is InChI=1S/C12H24OS/c1-12(2,3)14-11-8-4-6-10(11)7-5-9-13/h10-11,13H,4-9H2,1-3H3. The average molecular weight is 216 g/mol. The first-order chi connectivity index (χ1) is 6.53. The van der Waals surface area contributed by atoms with Crippen LogP contribution in [0.1, 0.15) is 52.9 Å². The summed E-state index contributed by atoms with van der Waals surface area (Å²) in [6.45, 7) is 7.28. The zero-order valence-electron chi connectivity index (χ0n) is 9.75. The molecule has 84 valence electrons. The van der Waals surface area contributed by atoms with Crippen LogP contribution < -0.4 is 0 Å². The fourth-order valence-electron chi connectivity index (χ4n) is 2.30. The first-order valence-corrected chi connectivity index (χ1v) is 6.69. The van der Waals surface area contributed by atoms with Crippen LogP contribution >= 0.6 is 11.8 Å². The SMILES string of the molecule is CC(C)(C)SC1CCCC1CCCO. The minimum atomic E-state index is 0.364. The molecule has 2 unspecified atom stereocenters. The molecule has 1 nitrogen and oxygen atoms in total. The van der Waals surface area contributed by atoms with Gasteiger partial charge in [0.1, 0.15) is 0 Å². The van der Waals surface area contributed by atoms with Gasteiger partial charge in [-0.3, -0.25) is 0 Å². The van der Waals surface area contributed by atoms with E-state index in [2.05, 4.69) is 32.5 Å². The van der Waals surface area contributed by atoms with Crippen molar-refractivity contribution in [2.45, 2.75) is 62.9 Å². The Hall–Kier alpha value is 0.310. The Balaban J connectivity index is 2.35. The molecule has 1 aliphatic rings. The van der Waals surface area contributed by atoms with E-state index in [0.717, 1.165) is 17.6 Å². The molecule has 1 aliphatic carbocycles. The first kappa shape index (κ1) is 12.4. The lowest BCUT2D eigenvalue weighted by Gasteiger charge is -2.27. The molecular weight excluding hydrogens is 192 g/mol. The highest BCUT2D eigenvalue weighted by atomic mass is 32.2. The van der Waals surface area contributed by atoms with Crippen molar-refractivity contribution >= 4 is 11.8 Å². The molecule has 0 saturated heterocycles. The van der Waals surface area contributed by atoms with Gasteiger partial charge in [0.25, 0.3) is 0 Å². The molecule has 0 bridgehead atoms. The number of aliphatic hydroxyl groups excluding tert-OH is 1. The van der Waals surface area contributed by atoms with E-state index in [1.807, 2.05) is 0 Å². The predicted octanol–water partition coefficient (Wildman–Crippen LogP) is 3.46. The third kappa shape index (κ3) is 4.22. The van der Waals surface area contributed by atoms with Crippen LogP contribution in [0.5, 0.6) is 0 Å². The number of hydrogen-bond acceptors (Lipinski definition) is 2. The molecule has 0 aromatic rings. The highest BCUT2D eigenvalue weighted by Gasteiger charge is 2.30. The van der Waals surface area contributed by atoms with Crippen molar-refractivity contribution in [3.05, 3.63) is 0 Å². The zero-order valence-corrected chi connectivity index (χ0v) is 10.6. The fraction of sp³-hybridized carbons (Fsp3) is 1.00. The first-order valence-electron chi connectivity index (χ1n) is 5.81. The fourth-order valence-corrected chi connectivity index (χ4v) is 3.95. The molecule has 0 spiro atoms. The lowest BCUT2D eigenvalue weighted by atomic mass is 10.0. The van der Waals surface area contributed by atoms with E-state index in [0.29, 0.717) is 11.4 Å². The molecule has 0 aromatic carbocycles. The number of hydrogen-bond donors (Lipinski definition) is 1. The number of rotatable bonds is 4. The van der Waals surface area contributed by atoms with Gasteiger partial charge in [0.15, 0.2) is 0 Å². The van der Waals surface area contributed by atoms with Gasteiger partial charge < -0.3 is 5.11 Å². The van der Waals surface area contributed by atoms with Gasteiger partial charge in [0, 0.05) is 16.6 Å². The van der Waals surface area contributed by atoms with Crippen LogP contribution in [0, 0.1) is 5.92 Å². The second-order valence-corrected chi connectivity index (χ2v) is 7.39. The normalized spacial score (nSPS) is 28.3. The van der Waals surface area contributed by atoms with Crippen LogP contribution in [0.3, 0.4) is 0 Å². The summed E-state index contributed by atoms with van der Waals surface area (Å²) < 4.78 is 0.395. The van der Waals surface area contributed by atoms with E-state index < -0.39 is 0 Å². The lowest BCUT2D eigenvalue weighted by Crippen LogP contribution is -2.19. The Morgan fingerprint density at radius 2 is 2.00 bits per heavy atom. The van der Waals surface area contributed by atoms with Gasteiger partial charge in [0.2, 0.25) is 0 Å². The molecular formula is C12H24OS. The molecule has 0 aliphatic heterocycles. The summed E-state index contributed by atoms with van der Waals surface area (Å²) in [5.41, 5.74) is 0. The van der Waals surface area contributed by atoms with Crippen molar-refractivity contribution in [1.29, 1.82) is 0 Å². The zero-order chi connectivity index (χ0) is 10.6. The van der Waals surface area contributed by atoms with Crippen molar-refractivity contribution in [1.82, 2.24) is 0 Å². The molecule has 14 heavy (non-hydrogen) atoms. The Bertz CT molecular complexity index is 162. The molecule has 0 radical (unpaired) electrons. The summed E-state index contributed by atoms with van der Waals surface area (Å²) in [5.74, 6) is 0.867. The predicted molar refractivity (Wildman–Crippen MR) is 64.8 cm³/mol. The molecule has 2 heteroatoms. The minimum Gasteiger partial charge on any atom is -0.396 e. The van der Waals surface area contributed by atoms with E-state index >= 15 is 0 Å². The average Bonchev–Trinajstić information content (AvgIpc) is 2.45. The smallest absolute Gasteiger partial charge is 0.0431 e. The van der Waals surface area contributed by atoms with Gasteiger partial charge in [-0.15, -0.1) is 0 Å². The van der Waals surface area contributed by atoms with Crippen LogP contribution in [0.2, 0.25) is 0 Å². The lowest BCUT2D eigenvalue weighted by molar-refractivity contribution is 0.272. The van der Waals surface area contributed by atoms with Crippen molar-refractivity contribution in [2.75, 3.05) is 6.61 Å². The summed E-state index contributed by atoms with van der Waals surface area (Å²) in [6, 6.07) is 0. The van der Waals surface area contributed by atoms with Crippen LogP contribution in [0.15, 0.2) is 0 Å². The highest BCUT2D eigenvalue weighted by molar-refractivity contribution is 8.01. The summed E-state index contributed by atoms with van der Waals surface area (Å²) in [5, 5.41) is 9.69. The maximum Gasteiger partial charge on any atom is 0.0431 e. The maximum absolute atomic E-state index is 8.84. The second kappa shape index (κ2) is 5.41. The van der Waals surface area contributed by atoms with Gasteiger partial charge in [-0.25, -0.2) is 0 Å². The Kier molecular flexibility index (Phi) is 4.78. The summed E-state index contributed by atoms with van der Waals surface area (Å²) in [4.78, 5) is 0. The van der Waals surface area contributed by atoms with E-state index in [4.69, 9.17) is 5.11 Å². The van der Waals surface area contributed by atoms with Crippen LogP contribution in [0.25, 0.3) is 0 Å². The summed E-state index contributed by atoms with van der Waals surface area (Å²) >= 11 is 2.14. The third-order valence-electron chi connectivity index (χ3n) is 2.83. The van der Waals surface area contributed by atoms with Gasteiger partial charge >= 0.3 is 0 Å². The molecule has 1 rings (SSSR count). The van der Waals surface area contributed by atoms with Crippen molar-refractivity contribution in [3.8, 4) is 0 Å². The molecule has 1 N–H and O–H groups in total. The van der Waals surface area contributed by atoms with E-state index in [1.165, 1.54) is 25.7 Å². The molecule has 1 fully saturated rings. The third-order valence-corrected chi connectivity index (χ3v) is 4.46. The van der Waals surface area contributed by atoms with Gasteiger partial charge in [-0.1, -0.05) is 27.2 Å². The molecule has 2 atom stereocenters. The minimum absolute atomic E-state index is 0.364. The van der Waals surface area contributed by atoms with Crippen LogP contribution in [0.4, 0.5) is 0 Å². The maximum atomic E-state index is 8.84. The molecule has 0 heterocycles. The monoisotopic (exact) mass is 216 g/mol. The van der Waals surface area contributed by atoms with E-state index in [-0.39, 0.29) is 0 Å². The van der Waals surface area contributed by atoms with Crippen molar-refractivity contribution in [2.24, 2.45) is 5.92 Å². The highest BCUT2D eigenvalue weighted by Crippen LogP contribution is 2.42. The molecule has 0 aromatic heterocycles. The summed E-state index contributed by atoms with van der Waals surface area (Å²) in [7, 11) is 0. The quantitative estimate of drug-likeness (QED) is 0.776. The largest absolute Gasteiger partial charge is 0.396 e. The second-order valence-electron chi connectivity index (χ2n) is 5.33. The Morgan fingerprint density at radius 3 is 2.57 bits per heavy atom. The van der Waals surface area contributed by atoms with Crippen LogP contribution in [-0.2, 0) is 0 Å².